The van der Waals surface area contributed by atoms with Gasteiger partial charge in [0.15, 0.2) is 0 Å². The molecule has 7 heteroatoms. The summed E-state index contributed by atoms with van der Waals surface area (Å²) in [5.41, 5.74) is 3.59. The van der Waals surface area contributed by atoms with Gasteiger partial charge in [0.25, 0.3) is 0 Å². The van der Waals surface area contributed by atoms with E-state index < -0.39 is 10.0 Å². The van der Waals surface area contributed by atoms with Gasteiger partial charge in [0.1, 0.15) is 0 Å². The van der Waals surface area contributed by atoms with Gasteiger partial charge in [0.05, 0.1) is 5.75 Å². The molecule has 0 atom stereocenters. The molecular formula is C17H25ClN3O2S-. The number of piperidine rings is 1. The highest BCUT2D eigenvalue weighted by Crippen LogP contribution is 2.33. The van der Waals surface area contributed by atoms with Crippen LogP contribution in [0.4, 0.5) is 0 Å². The maximum Gasteiger partial charge on any atom is 0.211 e. The molecular weight excluding hydrogens is 346 g/mol. The minimum atomic E-state index is -3.16. The number of hydrogen-bond acceptors (Lipinski definition) is 3. The maximum atomic E-state index is 11.6. The van der Waals surface area contributed by atoms with Crippen LogP contribution in [0.3, 0.4) is 0 Å². The first kappa shape index (κ1) is 19.2. The van der Waals surface area contributed by atoms with E-state index in [1.165, 1.54) is 30.8 Å². The Bertz CT molecular complexity index is 780. The second-order valence-corrected chi connectivity index (χ2v) is 8.52. The summed E-state index contributed by atoms with van der Waals surface area (Å²) in [6.45, 7) is 2.27. The number of halogens is 1. The second kappa shape index (κ2) is 7.87. The molecule has 0 radical (unpaired) electrons. The van der Waals surface area contributed by atoms with E-state index in [0.29, 0.717) is 12.3 Å². The first-order chi connectivity index (χ1) is 11.0. The fraction of sp³-hybridized carbons (Fsp3) is 0.529. The fourth-order valence-electron chi connectivity index (χ4n) is 3.36. The van der Waals surface area contributed by atoms with Crippen LogP contribution in [0.25, 0.3) is 10.9 Å². The van der Waals surface area contributed by atoms with E-state index in [2.05, 4.69) is 40.0 Å². The van der Waals surface area contributed by atoms with Crippen molar-refractivity contribution in [3.63, 3.8) is 0 Å². The molecule has 2 aromatic rings. The van der Waals surface area contributed by atoms with Crippen molar-refractivity contribution in [3.8, 4) is 0 Å². The predicted octanol–water partition coefficient (Wildman–Crippen LogP) is -0.927. The van der Waals surface area contributed by atoms with Crippen molar-refractivity contribution >= 4 is 20.9 Å². The highest BCUT2D eigenvalue weighted by molar-refractivity contribution is 7.89. The van der Waals surface area contributed by atoms with Crippen molar-refractivity contribution in [2.75, 3.05) is 32.9 Å². The van der Waals surface area contributed by atoms with Crippen LogP contribution in [0.2, 0.25) is 0 Å². The molecule has 0 aliphatic carbocycles. The van der Waals surface area contributed by atoms with Crippen LogP contribution < -0.4 is 17.1 Å². The first-order valence-electron chi connectivity index (χ1n) is 8.18. The molecule has 1 aliphatic heterocycles. The van der Waals surface area contributed by atoms with Crippen LogP contribution in [0.1, 0.15) is 29.9 Å². The van der Waals surface area contributed by atoms with Crippen LogP contribution in [-0.4, -0.2) is 51.2 Å². The first-order valence-corrected chi connectivity index (χ1v) is 9.83. The minimum absolute atomic E-state index is 0. The second-order valence-electron chi connectivity index (χ2n) is 6.47. The summed E-state index contributed by atoms with van der Waals surface area (Å²) in [7, 11) is 0.476. The van der Waals surface area contributed by atoms with Gasteiger partial charge in [-0.05, 0) is 75.6 Å². The van der Waals surface area contributed by atoms with E-state index in [4.69, 9.17) is 0 Å². The van der Waals surface area contributed by atoms with E-state index in [1.807, 2.05) is 6.07 Å². The zero-order valence-corrected chi connectivity index (χ0v) is 15.8. The van der Waals surface area contributed by atoms with E-state index in [0.717, 1.165) is 24.2 Å². The lowest BCUT2D eigenvalue weighted by atomic mass is 9.89. The predicted molar refractivity (Wildman–Crippen MR) is 94.3 cm³/mol. The van der Waals surface area contributed by atoms with E-state index in [1.54, 1.807) is 0 Å². The van der Waals surface area contributed by atoms with Gasteiger partial charge in [-0.2, -0.15) is 0 Å². The topological polar surface area (TPSA) is 65.2 Å². The molecule has 1 saturated heterocycles. The summed E-state index contributed by atoms with van der Waals surface area (Å²) in [5, 5.41) is 1.25. The summed E-state index contributed by atoms with van der Waals surface area (Å²) in [5.74, 6) is 0.722. The van der Waals surface area contributed by atoms with Gasteiger partial charge < -0.3 is 22.3 Å². The van der Waals surface area contributed by atoms with Crippen LogP contribution in [0, 0.1) is 0 Å². The van der Waals surface area contributed by atoms with Gasteiger partial charge in [0, 0.05) is 17.1 Å². The number of aromatic amines is 1. The Morgan fingerprint density at radius 3 is 2.67 bits per heavy atom. The Labute approximate surface area is 150 Å². The highest BCUT2D eigenvalue weighted by Gasteiger charge is 2.21. The van der Waals surface area contributed by atoms with Gasteiger partial charge >= 0.3 is 0 Å². The van der Waals surface area contributed by atoms with E-state index >= 15 is 0 Å². The number of aromatic nitrogens is 1. The van der Waals surface area contributed by atoms with Gasteiger partial charge in [-0.1, -0.05) is 6.07 Å². The van der Waals surface area contributed by atoms with Crippen molar-refractivity contribution in [3.05, 3.63) is 35.5 Å². The molecule has 24 heavy (non-hydrogen) atoms. The standard InChI is InChI=1S/C17H25N3O2S.ClH/c1-18-23(21,22)10-7-13-3-4-17-15(11-13)16(12-19-17)14-5-8-20(2)9-6-14;/h3-4,11-12,14,18-19H,5-10H2,1-2H3;1H/p-1. The van der Waals surface area contributed by atoms with Crippen LogP contribution in [0.5, 0.6) is 0 Å². The minimum Gasteiger partial charge on any atom is -1.00 e. The third-order valence-corrected chi connectivity index (χ3v) is 6.27. The zero-order valence-electron chi connectivity index (χ0n) is 14.2. The van der Waals surface area contributed by atoms with Crippen molar-refractivity contribution in [1.82, 2.24) is 14.6 Å². The van der Waals surface area contributed by atoms with Gasteiger partial charge in [-0.25, -0.2) is 13.1 Å². The molecule has 1 aliphatic rings. The Morgan fingerprint density at radius 1 is 1.29 bits per heavy atom. The molecule has 134 valence electrons. The van der Waals surface area contributed by atoms with Crippen LogP contribution in [-0.2, 0) is 16.4 Å². The van der Waals surface area contributed by atoms with Gasteiger partial charge in [0.2, 0.25) is 10.0 Å². The summed E-state index contributed by atoms with van der Waals surface area (Å²) in [4.78, 5) is 5.74. The smallest absolute Gasteiger partial charge is 0.211 e. The number of likely N-dealkylation sites (tertiary alicyclic amines) is 1. The number of H-pyrrole nitrogens is 1. The molecule has 3 rings (SSSR count). The molecule has 1 aromatic carbocycles. The van der Waals surface area contributed by atoms with Crippen molar-refractivity contribution in [2.24, 2.45) is 0 Å². The number of sulfonamides is 1. The highest BCUT2D eigenvalue weighted by atomic mass is 35.5. The van der Waals surface area contributed by atoms with E-state index in [9.17, 15) is 8.42 Å². The van der Waals surface area contributed by atoms with E-state index in [-0.39, 0.29) is 18.2 Å². The number of nitrogens with one attached hydrogen (secondary N) is 2. The fourth-order valence-corrected chi connectivity index (χ4v) is 4.07. The monoisotopic (exact) mass is 370 g/mol. The molecule has 0 unspecified atom stereocenters. The number of rotatable bonds is 5. The maximum absolute atomic E-state index is 11.6. The average Bonchev–Trinajstić information content (AvgIpc) is 2.97. The number of fused-ring (bicyclic) bond motifs is 1. The third-order valence-electron chi connectivity index (χ3n) is 4.91. The molecule has 1 fully saturated rings. The molecule has 2 N–H and O–H groups in total. The van der Waals surface area contributed by atoms with Crippen molar-refractivity contribution < 1.29 is 20.8 Å². The SMILES string of the molecule is CNS(=O)(=O)CCc1ccc2[nH]cc(C3CCN(C)CC3)c2c1.[Cl-]. The number of aryl methyl sites for hydroxylation is 1. The Balaban J connectivity index is 0.00000208. The molecule has 0 spiro atoms. The molecule has 5 nitrogen and oxygen atoms in total. The summed E-state index contributed by atoms with van der Waals surface area (Å²) in [6, 6.07) is 6.24. The molecule has 0 saturated carbocycles. The van der Waals surface area contributed by atoms with Crippen LogP contribution >= 0.6 is 0 Å². The van der Waals surface area contributed by atoms with Gasteiger partial charge in [-0.3, -0.25) is 0 Å². The lowest BCUT2D eigenvalue weighted by Crippen LogP contribution is -3.00. The molecule has 0 amide bonds. The Hall–Kier alpha value is -1.08. The van der Waals surface area contributed by atoms with Gasteiger partial charge in [-0.15, -0.1) is 0 Å². The summed E-state index contributed by atoms with van der Waals surface area (Å²) in [6.07, 6.45) is 5.04. The Morgan fingerprint density at radius 2 is 2.00 bits per heavy atom. The normalized spacial score (nSPS) is 17.1. The quantitative estimate of drug-likeness (QED) is 0.715. The van der Waals surface area contributed by atoms with Crippen molar-refractivity contribution in [2.45, 2.75) is 25.2 Å². The molecule has 0 bridgehead atoms. The molecule has 2 heterocycles. The zero-order chi connectivity index (χ0) is 16.4. The van der Waals surface area contributed by atoms with Crippen molar-refractivity contribution in [1.29, 1.82) is 0 Å². The number of benzene rings is 1. The molecule has 1 aromatic heterocycles. The summed E-state index contributed by atoms with van der Waals surface area (Å²) < 4.78 is 25.6. The third kappa shape index (κ3) is 4.30. The average molecular weight is 371 g/mol. The Kier molecular flexibility index (Phi) is 6.31. The lowest BCUT2D eigenvalue weighted by Gasteiger charge is -2.28. The number of nitrogens with zero attached hydrogens (tertiary/aromatic N) is 1. The largest absolute Gasteiger partial charge is 1.00 e. The lowest BCUT2D eigenvalue weighted by molar-refractivity contribution is -0.00000730. The number of hydrogen-bond donors (Lipinski definition) is 2. The summed E-state index contributed by atoms with van der Waals surface area (Å²) >= 11 is 0. The van der Waals surface area contributed by atoms with Crippen LogP contribution in [0.15, 0.2) is 24.4 Å².